The van der Waals surface area contributed by atoms with Gasteiger partial charge in [0.1, 0.15) is 10.6 Å². The van der Waals surface area contributed by atoms with E-state index >= 15 is 0 Å². The molecule has 0 saturated carbocycles. The van der Waals surface area contributed by atoms with Crippen molar-refractivity contribution in [2.45, 2.75) is 31.7 Å². The van der Waals surface area contributed by atoms with Gasteiger partial charge < -0.3 is 10.6 Å². The highest BCUT2D eigenvalue weighted by atomic mass is 32.1. The van der Waals surface area contributed by atoms with Crippen molar-refractivity contribution in [1.29, 1.82) is 0 Å². The molecule has 1 aliphatic heterocycles. The summed E-state index contributed by atoms with van der Waals surface area (Å²) in [5.41, 5.74) is 3.87. The molecule has 1 saturated heterocycles. The lowest BCUT2D eigenvalue weighted by Crippen LogP contribution is -2.37. The van der Waals surface area contributed by atoms with Gasteiger partial charge in [-0.1, -0.05) is 0 Å². The van der Waals surface area contributed by atoms with E-state index in [1.807, 2.05) is 6.07 Å². The van der Waals surface area contributed by atoms with Crippen LogP contribution < -0.4 is 10.6 Å². The van der Waals surface area contributed by atoms with Gasteiger partial charge >= 0.3 is 0 Å². The van der Waals surface area contributed by atoms with Crippen LogP contribution >= 0.6 is 22.7 Å². The third-order valence-corrected chi connectivity index (χ3v) is 7.24. The molecule has 0 bridgehead atoms. The van der Waals surface area contributed by atoms with Gasteiger partial charge in [0.25, 0.3) is 0 Å². The van der Waals surface area contributed by atoms with Crippen molar-refractivity contribution in [2.24, 2.45) is 0 Å². The maximum absolute atomic E-state index is 14.5. The summed E-state index contributed by atoms with van der Waals surface area (Å²) in [6, 6.07) is 7.91. The molecule has 0 amide bonds. The Hall–Kier alpha value is -2.09. The number of thiophene rings is 1. The van der Waals surface area contributed by atoms with Crippen molar-refractivity contribution < 1.29 is 4.39 Å². The van der Waals surface area contributed by atoms with Crippen LogP contribution in [0, 0.1) is 5.82 Å². The molecule has 3 aromatic heterocycles. The molecule has 0 radical (unpaired) electrons. The van der Waals surface area contributed by atoms with Gasteiger partial charge in [-0.15, -0.1) is 22.7 Å². The van der Waals surface area contributed by atoms with Crippen LogP contribution in [0.25, 0.3) is 20.4 Å². The molecule has 0 aliphatic carbocycles. The van der Waals surface area contributed by atoms with Crippen molar-refractivity contribution in [2.75, 3.05) is 11.9 Å². The summed E-state index contributed by atoms with van der Waals surface area (Å²) in [6.45, 7) is 3.34. The number of nitrogens with zero attached hydrogens (tertiary/aromatic N) is 2. The zero-order valence-electron chi connectivity index (χ0n) is 14.8. The number of piperidine rings is 1. The van der Waals surface area contributed by atoms with Crippen molar-refractivity contribution >= 4 is 54.5 Å². The fourth-order valence-electron chi connectivity index (χ4n) is 3.80. The fraction of sp³-hybridized carbons (Fsp3) is 0.300. The summed E-state index contributed by atoms with van der Waals surface area (Å²) in [5.74, 6) is 0.242. The second kappa shape index (κ2) is 6.82. The molecule has 5 rings (SSSR count). The van der Waals surface area contributed by atoms with Gasteiger partial charge in [0.2, 0.25) is 0 Å². The molecule has 7 heteroatoms. The number of anilines is 2. The lowest BCUT2D eigenvalue weighted by atomic mass is 9.90. The Bertz CT molecular complexity index is 1120. The Balaban J connectivity index is 1.53. The minimum atomic E-state index is -0.266. The average molecular weight is 399 g/mol. The number of pyridine rings is 1. The van der Waals surface area contributed by atoms with Crippen LogP contribution in [0.5, 0.6) is 0 Å². The van der Waals surface area contributed by atoms with Gasteiger partial charge in [-0.3, -0.25) is 0 Å². The van der Waals surface area contributed by atoms with E-state index in [0.29, 0.717) is 17.6 Å². The topological polar surface area (TPSA) is 49.8 Å². The van der Waals surface area contributed by atoms with E-state index in [2.05, 4.69) is 33.6 Å². The fourth-order valence-corrected chi connectivity index (χ4v) is 5.75. The van der Waals surface area contributed by atoms with Gasteiger partial charge in [0, 0.05) is 28.4 Å². The number of thiazole rings is 1. The first-order chi connectivity index (χ1) is 13.2. The van der Waals surface area contributed by atoms with E-state index in [1.54, 1.807) is 35.2 Å². The molecule has 1 aliphatic rings. The third kappa shape index (κ3) is 3.09. The van der Waals surface area contributed by atoms with Crippen molar-refractivity contribution in [3.05, 3.63) is 46.7 Å². The molecular formula is C20H19FN4S2. The molecular weight excluding hydrogens is 379 g/mol. The van der Waals surface area contributed by atoms with Gasteiger partial charge in [-0.25, -0.2) is 14.4 Å². The Morgan fingerprint density at radius 2 is 2.15 bits per heavy atom. The van der Waals surface area contributed by atoms with E-state index in [0.717, 1.165) is 32.7 Å². The molecule has 1 aromatic carbocycles. The second-order valence-electron chi connectivity index (χ2n) is 6.99. The van der Waals surface area contributed by atoms with E-state index in [-0.39, 0.29) is 5.82 Å². The number of hydrogen-bond acceptors (Lipinski definition) is 6. The first-order valence-electron chi connectivity index (χ1n) is 9.10. The molecule has 4 aromatic rings. The van der Waals surface area contributed by atoms with Gasteiger partial charge in [0.05, 0.1) is 27.1 Å². The van der Waals surface area contributed by atoms with Gasteiger partial charge in [-0.2, -0.15) is 0 Å². The largest absolute Gasteiger partial charge is 0.352 e. The first-order valence-corrected chi connectivity index (χ1v) is 10.8. The number of fused-ring (bicyclic) bond motifs is 2. The quantitative estimate of drug-likeness (QED) is 0.469. The zero-order valence-corrected chi connectivity index (χ0v) is 16.5. The second-order valence-corrected chi connectivity index (χ2v) is 8.94. The third-order valence-electron chi connectivity index (χ3n) is 5.27. The van der Waals surface area contributed by atoms with Crippen LogP contribution in [-0.4, -0.2) is 22.6 Å². The number of rotatable bonds is 3. The highest BCUT2D eigenvalue weighted by Gasteiger charge is 2.25. The lowest BCUT2D eigenvalue weighted by Gasteiger charge is -2.29. The molecule has 27 heavy (non-hydrogen) atoms. The van der Waals surface area contributed by atoms with Crippen LogP contribution in [0.15, 0.2) is 36.0 Å². The van der Waals surface area contributed by atoms with Gasteiger partial charge in [0.15, 0.2) is 0 Å². The maximum Gasteiger partial charge on any atom is 0.148 e. The number of halogens is 1. The summed E-state index contributed by atoms with van der Waals surface area (Å²) in [5, 5.41) is 7.88. The highest BCUT2D eigenvalue weighted by Crippen LogP contribution is 2.39. The van der Waals surface area contributed by atoms with Gasteiger partial charge in [-0.05, 0) is 50.6 Å². The lowest BCUT2D eigenvalue weighted by molar-refractivity contribution is 0.375. The van der Waals surface area contributed by atoms with Crippen LogP contribution in [0.4, 0.5) is 15.8 Å². The van der Waals surface area contributed by atoms with Crippen LogP contribution in [0.2, 0.25) is 0 Å². The minimum absolute atomic E-state index is 0.266. The predicted molar refractivity (Wildman–Crippen MR) is 112 cm³/mol. The summed E-state index contributed by atoms with van der Waals surface area (Å²) >= 11 is 3.19. The Morgan fingerprint density at radius 1 is 1.22 bits per heavy atom. The number of benzene rings is 1. The highest BCUT2D eigenvalue weighted by molar-refractivity contribution is 7.18. The number of nitrogens with one attached hydrogen (secondary N) is 2. The number of aromatic nitrogens is 2. The normalized spacial score (nSPS) is 20.4. The molecule has 4 nitrogen and oxygen atoms in total. The van der Waals surface area contributed by atoms with E-state index in [9.17, 15) is 4.39 Å². The standard InChI is InChI=1S/C20H19FN4S2/c1-11-12(3-2-5-22-11)18-7-13-15(4-6-23-20(13)27-18)25-16-9-17-19(8-14(16)21)26-10-24-17/h4,6-12,22H,2-3,5H2,1H3,(H,23,25)/t11-,12?/m0/s1. The predicted octanol–water partition coefficient (Wildman–Crippen LogP) is 5.64. The van der Waals surface area contributed by atoms with Crippen LogP contribution in [-0.2, 0) is 0 Å². The van der Waals surface area contributed by atoms with Crippen molar-refractivity contribution in [3.63, 3.8) is 0 Å². The molecule has 4 heterocycles. The molecule has 138 valence electrons. The number of hydrogen-bond donors (Lipinski definition) is 2. The van der Waals surface area contributed by atoms with E-state index in [4.69, 9.17) is 0 Å². The molecule has 1 fully saturated rings. The van der Waals surface area contributed by atoms with Crippen molar-refractivity contribution in [1.82, 2.24) is 15.3 Å². The van der Waals surface area contributed by atoms with Crippen LogP contribution in [0.1, 0.15) is 30.6 Å². The Morgan fingerprint density at radius 3 is 3.04 bits per heavy atom. The van der Waals surface area contributed by atoms with E-state index < -0.39 is 0 Å². The summed E-state index contributed by atoms with van der Waals surface area (Å²) < 4.78 is 15.4. The van der Waals surface area contributed by atoms with Crippen LogP contribution in [0.3, 0.4) is 0 Å². The molecule has 0 spiro atoms. The zero-order chi connectivity index (χ0) is 18.4. The van der Waals surface area contributed by atoms with E-state index in [1.165, 1.54) is 29.1 Å². The molecule has 2 atom stereocenters. The van der Waals surface area contributed by atoms with Crippen molar-refractivity contribution in [3.8, 4) is 0 Å². The maximum atomic E-state index is 14.5. The summed E-state index contributed by atoms with van der Waals surface area (Å²) in [7, 11) is 0. The first kappa shape index (κ1) is 17.0. The SMILES string of the molecule is C[C@@H]1NCCCC1c1cc2c(Nc3cc4ncsc4cc3F)ccnc2s1. The molecule has 2 N–H and O–H groups in total. The Labute approximate surface area is 164 Å². The minimum Gasteiger partial charge on any atom is -0.352 e. The average Bonchev–Trinajstić information content (AvgIpc) is 3.29. The summed E-state index contributed by atoms with van der Waals surface area (Å²) in [4.78, 5) is 11.2. The smallest absolute Gasteiger partial charge is 0.148 e. The Kier molecular flexibility index (Phi) is 4.30. The summed E-state index contributed by atoms with van der Waals surface area (Å²) in [6.07, 6.45) is 4.17. The molecule has 1 unspecified atom stereocenters. The monoisotopic (exact) mass is 398 g/mol.